The van der Waals surface area contributed by atoms with Crippen molar-refractivity contribution in [2.75, 3.05) is 20.1 Å². The Hall–Kier alpha value is -3.59. The predicted molar refractivity (Wildman–Crippen MR) is 151 cm³/mol. The normalized spacial score (nSPS) is 26.6. The number of phenolic OH excluding ortho intramolecular Hbond substituents is 1. The van der Waals surface area contributed by atoms with Crippen molar-refractivity contribution >= 4 is 17.7 Å². The van der Waals surface area contributed by atoms with E-state index in [-0.39, 0.29) is 48.0 Å². The van der Waals surface area contributed by atoms with Gasteiger partial charge < -0.3 is 30.7 Å². The molecule has 0 radical (unpaired) electrons. The average molecular weight is 549 g/mol. The zero-order valence-electron chi connectivity index (χ0n) is 23.3. The Morgan fingerprint density at radius 1 is 0.975 bits per heavy atom. The Labute approximate surface area is 235 Å². The fraction of sp³-hybridized carbons (Fsp3) is 0.516. The lowest BCUT2D eigenvalue weighted by atomic mass is 9.96. The van der Waals surface area contributed by atoms with E-state index in [2.05, 4.69) is 34.1 Å². The highest BCUT2D eigenvalue weighted by Crippen LogP contribution is 2.35. The summed E-state index contributed by atoms with van der Waals surface area (Å²) in [7, 11) is 1.65. The molecule has 1 saturated carbocycles. The fourth-order valence-electron chi connectivity index (χ4n) is 5.58. The largest absolute Gasteiger partial charge is 0.508 e. The molecular weight excluding hydrogens is 508 g/mol. The summed E-state index contributed by atoms with van der Waals surface area (Å²) in [5.74, 6) is 0.520. The van der Waals surface area contributed by atoms with Crippen molar-refractivity contribution in [1.82, 2.24) is 20.9 Å². The summed E-state index contributed by atoms with van der Waals surface area (Å²) in [5, 5.41) is 19.0. The zero-order valence-corrected chi connectivity index (χ0v) is 23.3. The number of fused-ring (bicyclic) bond motifs is 1. The van der Waals surface area contributed by atoms with E-state index in [4.69, 9.17) is 4.74 Å². The van der Waals surface area contributed by atoms with Crippen LogP contribution in [0.2, 0.25) is 0 Å². The number of nitrogens with zero attached hydrogens (tertiary/aromatic N) is 1. The maximum atomic E-state index is 13.6. The molecule has 0 spiro atoms. The first kappa shape index (κ1) is 28.0. The molecule has 3 aliphatic rings. The number of para-hydroxylation sites is 1. The Kier molecular flexibility index (Phi) is 8.59. The van der Waals surface area contributed by atoms with Gasteiger partial charge in [-0.15, -0.1) is 0 Å². The number of aryl methyl sites for hydroxylation is 2. The molecule has 40 heavy (non-hydrogen) atoms. The average Bonchev–Trinajstić information content (AvgIpc) is 3.80. The number of carbonyl (C=O) groups is 3. The van der Waals surface area contributed by atoms with Gasteiger partial charge in [0.25, 0.3) is 0 Å². The van der Waals surface area contributed by atoms with Crippen LogP contribution in [0.25, 0.3) is 0 Å². The highest BCUT2D eigenvalue weighted by Gasteiger charge is 2.40. The molecule has 9 nitrogen and oxygen atoms in total. The van der Waals surface area contributed by atoms with Crippen LogP contribution in [0.4, 0.5) is 0 Å². The van der Waals surface area contributed by atoms with Gasteiger partial charge in [0, 0.05) is 26.6 Å². The first-order valence-corrected chi connectivity index (χ1v) is 14.4. The van der Waals surface area contributed by atoms with Gasteiger partial charge in [0.15, 0.2) is 0 Å². The number of phenols is 1. The Bertz CT molecular complexity index is 1230. The molecule has 2 aliphatic heterocycles. The quantitative estimate of drug-likeness (QED) is 0.466. The van der Waals surface area contributed by atoms with Gasteiger partial charge >= 0.3 is 0 Å². The first-order valence-electron chi connectivity index (χ1n) is 14.4. The summed E-state index contributed by atoms with van der Waals surface area (Å²) in [6, 6.07) is 10.9. The molecule has 2 aromatic carbocycles. The number of benzene rings is 2. The second kappa shape index (κ2) is 12.3. The van der Waals surface area contributed by atoms with E-state index in [0.29, 0.717) is 13.1 Å². The molecular formula is C31H40N4O5. The molecule has 4 N–H and O–H groups in total. The molecule has 214 valence electrons. The number of nitrogens with one attached hydrogen (secondary N) is 3. The van der Waals surface area contributed by atoms with Gasteiger partial charge in [-0.2, -0.15) is 0 Å². The van der Waals surface area contributed by atoms with Gasteiger partial charge in [-0.25, -0.2) is 0 Å². The zero-order chi connectivity index (χ0) is 28.2. The van der Waals surface area contributed by atoms with E-state index in [1.165, 1.54) is 10.5 Å². The van der Waals surface area contributed by atoms with Crippen molar-refractivity contribution in [2.24, 2.45) is 5.92 Å². The van der Waals surface area contributed by atoms with Crippen LogP contribution in [0.15, 0.2) is 42.5 Å². The molecule has 1 aliphatic carbocycles. The van der Waals surface area contributed by atoms with Crippen LogP contribution in [0.5, 0.6) is 11.5 Å². The van der Waals surface area contributed by atoms with Gasteiger partial charge in [0.05, 0.1) is 6.04 Å². The Morgan fingerprint density at radius 2 is 1.70 bits per heavy atom. The third kappa shape index (κ3) is 6.58. The number of amides is 3. The van der Waals surface area contributed by atoms with Crippen LogP contribution in [-0.4, -0.2) is 72.1 Å². The molecule has 9 heteroatoms. The van der Waals surface area contributed by atoms with Crippen molar-refractivity contribution in [2.45, 2.75) is 76.1 Å². The van der Waals surface area contributed by atoms with Crippen molar-refractivity contribution in [3.63, 3.8) is 0 Å². The molecule has 2 heterocycles. The van der Waals surface area contributed by atoms with Crippen molar-refractivity contribution in [1.29, 1.82) is 0 Å². The number of carbonyl (C=O) groups excluding carboxylic acids is 3. The van der Waals surface area contributed by atoms with Crippen LogP contribution in [0.1, 0.15) is 49.3 Å². The molecule has 0 saturated heterocycles. The topological polar surface area (TPSA) is 120 Å². The van der Waals surface area contributed by atoms with E-state index in [1.807, 2.05) is 0 Å². The molecule has 2 bridgehead atoms. The van der Waals surface area contributed by atoms with E-state index in [9.17, 15) is 19.5 Å². The summed E-state index contributed by atoms with van der Waals surface area (Å²) in [6.07, 6.45) is 5.46. The summed E-state index contributed by atoms with van der Waals surface area (Å²) >= 11 is 0. The van der Waals surface area contributed by atoms with E-state index in [0.717, 1.165) is 55.4 Å². The van der Waals surface area contributed by atoms with Crippen LogP contribution in [0.3, 0.4) is 0 Å². The third-order valence-electron chi connectivity index (χ3n) is 8.36. The molecule has 3 amide bonds. The number of ether oxygens (including phenoxy) is 1. The molecule has 0 unspecified atom stereocenters. The molecule has 0 aromatic heterocycles. The summed E-state index contributed by atoms with van der Waals surface area (Å²) < 4.78 is 6.46. The summed E-state index contributed by atoms with van der Waals surface area (Å²) in [4.78, 5) is 41.7. The second-order valence-corrected chi connectivity index (χ2v) is 11.4. The monoisotopic (exact) mass is 548 g/mol. The van der Waals surface area contributed by atoms with Crippen LogP contribution < -0.4 is 20.7 Å². The lowest BCUT2D eigenvalue weighted by Crippen LogP contribution is -2.57. The van der Waals surface area contributed by atoms with Gasteiger partial charge in [-0.3, -0.25) is 14.4 Å². The minimum atomic E-state index is -0.826. The number of likely N-dealkylation sites (N-methyl/N-ethyl adjacent to an activating group) is 1. The molecule has 2 aromatic rings. The maximum Gasteiger partial charge on any atom is 0.243 e. The highest BCUT2D eigenvalue weighted by molar-refractivity contribution is 5.93. The number of aromatic hydroxyl groups is 1. The van der Waals surface area contributed by atoms with Crippen LogP contribution in [0, 0.1) is 5.92 Å². The minimum Gasteiger partial charge on any atom is -0.508 e. The van der Waals surface area contributed by atoms with E-state index in [1.54, 1.807) is 38.2 Å². The van der Waals surface area contributed by atoms with E-state index >= 15 is 0 Å². The third-order valence-corrected chi connectivity index (χ3v) is 8.36. The number of rotatable bonds is 3. The van der Waals surface area contributed by atoms with Gasteiger partial charge in [-0.1, -0.05) is 30.3 Å². The number of hydrogen-bond acceptors (Lipinski definition) is 6. The Balaban J connectivity index is 1.39. The van der Waals surface area contributed by atoms with E-state index < -0.39 is 12.1 Å². The summed E-state index contributed by atoms with van der Waals surface area (Å²) in [5.41, 5.74) is 3.13. The van der Waals surface area contributed by atoms with Crippen molar-refractivity contribution < 1.29 is 24.2 Å². The van der Waals surface area contributed by atoms with Gasteiger partial charge in [-0.05, 0) is 80.2 Å². The standard InChI is InChI=1S/C31H40N4O5/c1-19-29(37)34-26(17-20-8-13-24(36)14-9-20)30(38)32-16-4-7-22-5-3-6-23-12-15-25(40-28(22)23)18-33-27(21-10-11-21)31(39)35(19)2/h3,5-6,8-9,13-14,19,21,25-27,33,36H,4,7,10-12,15-18H2,1-2H3,(H,32,38)(H,34,37)/t19-,25+,26-,27+/m1/s1. The predicted octanol–water partition coefficient (Wildman–Crippen LogP) is 2.09. The minimum absolute atomic E-state index is 0.0343. The molecule has 4 atom stereocenters. The number of hydrogen-bond donors (Lipinski definition) is 4. The lowest BCUT2D eigenvalue weighted by Gasteiger charge is -2.32. The fourth-order valence-corrected chi connectivity index (χ4v) is 5.58. The molecule has 1 fully saturated rings. The highest BCUT2D eigenvalue weighted by atomic mass is 16.5. The van der Waals surface area contributed by atoms with Gasteiger partial charge in [0.2, 0.25) is 17.7 Å². The SMILES string of the molecule is C[C@@H]1C(=O)N[C@H](Cc2ccc(O)cc2)C(=O)NCCCc2cccc3c2O[C@@H](CC3)CN[C@@H](C2CC2)C(=O)N1C. The Morgan fingerprint density at radius 3 is 2.42 bits per heavy atom. The van der Waals surface area contributed by atoms with Crippen molar-refractivity contribution in [3.8, 4) is 11.5 Å². The summed E-state index contributed by atoms with van der Waals surface area (Å²) in [6.45, 7) is 2.71. The van der Waals surface area contributed by atoms with Gasteiger partial charge in [0.1, 0.15) is 29.7 Å². The van der Waals surface area contributed by atoms with Crippen LogP contribution >= 0.6 is 0 Å². The molecule has 5 rings (SSSR count). The first-order chi connectivity index (χ1) is 19.3. The maximum absolute atomic E-state index is 13.6. The lowest BCUT2D eigenvalue weighted by molar-refractivity contribution is -0.141. The smallest absolute Gasteiger partial charge is 0.243 e. The van der Waals surface area contributed by atoms with Crippen LogP contribution in [-0.2, 0) is 33.6 Å². The second-order valence-electron chi connectivity index (χ2n) is 11.4. The van der Waals surface area contributed by atoms with Crippen molar-refractivity contribution in [3.05, 3.63) is 59.2 Å².